The van der Waals surface area contributed by atoms with Crippen LogP contribution in [-0.2, 0) is 14.4 Å². The van der Waals surface area contributed by atoms with Gasteiger partial charge in [-0.25, -0.2) is 4.79 Å². The van der Waals surface area contributed by atoms with Gasteiger partial charge in [-0.2, -0.15) is 0 Å². The van der Waals surface area contributed by atoms with E-state index in [1.165, 1.54) is 0 Å². The quantitative estimate of drug-likeness (QED) is 0.774. The Kier molecular flexibility index (Phi) is 5.98. The number of hydrogen-bond acceptors (Lipinski definition) is 4. The summed E-state index contributed by atoms with van der Waals surface area (Å²) in [4.78, 5) is 30.2. The molecule has 0 aliphatic carbocycles. The van der Waals surface area contributed by atoms with E-state index in [9.17, 15) is 9.59 Å². The molecule has 1 atom stereocenters. The van der Waals surface area contributed by atoms with Crippen molar-refractivity contribution >= 4 is 17.6 Å². The van der Waals surface area contributed by atoms with Crippen LogP contribution in [0, 0.1) is 5.92 Å². The molecule has 0 saturated heterocycles. The van der Waals surface area contributed by atoms with Gasteiger partial charge in [-0.3, -0.25) is 4.79 Å². The molecule has 6 heteroatoms. The normalized spacial score (nSPS) is 18.1. The number of carboxylic acid groups (broad SMARTS) is 1. The Bertz CT molecular complexity index is 389. The number of oxime groups is 1. The summed E-state index contributed by atoms with van der Waals surface area (Å²) >= 11 is 0. The molecule has 1 aliphatic heterocycles. The molecule has 0 aromatic carbocycles. The summed E-state index contributed by atoms with van der Waals surface area (Å²) in [6, 6.07) is 0.155. The average Bonchev–Trinajstić information content (AvgIpc) is 2.87. The Morgan fingerprint density at radius 2 is 2.00 bits per heavy atom. The monoisotopic (exact) mass is 284 g/mol. The molecule has 1 unspecified atom stereocenters. The van der Waals surface area contributed by atoms with Crippen LogP contribution >= 0.6 is 0 Å². The fourth-order valence-corrected chi connectivity index (χ4v) is 2.36. The standard InChI is InChI=1S/C14H24N2O4/c1-5-10(6-2)16(8-9(3)4)13(17)12-7-11(14(18)19)15-20-12/h9-10,12H,5-8H2,1-4H3,(H,18,19). The molecule has 20 heavy (non-hydrogen) atoms. The van der Waals surface area contributed by atoms with Crippen molar-refractivity contribution in [3.05, 3.63) is 0 Å². The third kappa shape index (κ3) is 3.95. The van der Waals surface area contributed by atoms with Gasteiger partial charge >= 0.3 is 5.97 Å². The molecule has 6 nitrogen and oxygen atoms in total. The molecule has 1 rings (SSSR count). The van der Waals surface area contributed by atoms with E-state index >= 15 is 0 Å². The van der Waals surface area contributed by atoms with E-state index in [-0.39, 0.29) is 24.1 Å². The molecule has 1 heterocycles. The first-order valence-corrected chi connectivity index (χ1v) is 7.17. The van der Waals surface area contributed by atoms with E-state index in [0.29, 0.717) is 12.5 Å². The lowest BCUT2D eigenvalue weighted by atomic mass is 10.0. The van der Waals surface area contributed by atoms with Gasteiger partial charge in [0.25, 0.3) is 5.91 Å². The zero-order chi connectivity index (χ0) is 15.3. The summed E-state index contributed by atoms with van der Waals surface area (Å²) in [6.07, 6.45) is 0.992. The summed E-state index contributed by atoms with van der Waals surface area (Å²) < 4.78 is 0. The second-order valence-electron chi connectivity index (χ2n) is 5.50. The van der Waals surface area contributed by atoms with E-state index in [1.54, 1.807) is 0 Å². The van der Waals surface area contributed by atoms with Gasteiger partial charge < -0.3 is 14.8 Å². The zero-order valence-corrected chi connectivity index (χ0v) is 12.6. The maximum Gasteiger partial charge on any atom is 0.353 e. The molecule has 0 saturated carbocycles. The molecular weight excluding hydrogens is 260 g/mol. The van der Waals surface area contributed by atoms with Gasteiger partial charge in [-0.05, 0) is 18.8 Å². The Morgan fingerprint density at radius 1 is 1.40 bits per heavy atom. The van der Waals surface area contributed by atoms with Crippen molar-refractivity contribution in [2.45, 2.75) is 59.1 Å². The minimum atomic E-state index is -1.13. The molecule has 0 fully saturated rings. The lowest BCUT2D eigenvalue weighted by molar-refractivity contribution is -0.145. The number of amides is 1. The molecule has 0 aromatic heterocycles. The van der Waals surface area contributed by atoms with E-state index in [2.05, 4.69) is 19.0 Å². The maximum absolute atomic E-state index is 12.5. The van der Waals surface area contributed by atoms with Gasteiger partial charge in [-0.15, -0.1) is 0 Å². The number of hydrogen-bond donors (Lipinski definition) is 1. The van der Waals surface area contributed by atoms with Crippen LogP contribution in [0.4, 0.5) is 0 Å². The largest absolute Gasteiger partial charge is 0.477 e. The third-order valence-corrected chi connectivity index (χ3v) is 3.42. The van der Waals surface area contributed by atoms with E-state index in [1.807, 2.05) is 18.7 Å². The van der Waals surface area contributed by atoms with Crippen molar-refractivity contribution in [1.29, 1.82) is 0 Å². The fraction of sp³-hybridized carbons (Fsp3) is 0.786. The smallest absolute Gasteiger partial charge is 0.353 e. The first kappa shape index (κ1) is 16.5. The molecule has 1 amide bonds. The topological polar surface area (TPSA) is 79.2 Å². The SMILES string of the molecule is CCC(CC)N(CC(C)C)C(=O)C1CC(C(=O)O)=NO1. The molecular formula is C14H24N2O4. The highest BCUT2D eigenvalue weighted by molar-refractivity contribution is 6.36. The summed E-state index contributed by atoms with van der Waals surface area (Å²) in [5.41, 5.74) is -0.0857. The van der Waals surface area contributed by atoms with E-state index in [4.69, 9.17) is 9.94 Å². The summed E-state index contributed by atoms with van der Waals surface area (Å²) in [5, 5.41) is 12.3. The number of carboxylic acids is 1. The fourth-order valence-electron chi connectivity index (χ4n) is 2.36. The van der Waals surface area contributed by atoms with Crippen molar-refractivity contribution in [3.8, 4) is 0 Å². The van der Waals surface area contributed by atoms with Crippen LogP contribution in [0.25, 0.3) is 0 Å². The highest BCUT2D eigenvalue weighted by Crippen LogP contribution is 2.19. The predicted molar refractivity (Wildman–Crippen MR) is 75.5 cm³/mol. The second-order valence-corrected chi connectivity index (χ2v) is 5.50. The van der Waals surface area contributed by atoms with Gasteiger partial charge in [0.2, 0.25) is 6.10 Å². The predicted octanol–water partition coefficient (Wildman–Crippen LogP) is 1.89. The lowest BCUT2D eigenvalue weighted by Crippen LogP contribution is -2.47. The van der Waals surface area contributed by atoms with Crippen molar-refractivity contribution in [1.82, 2.24) is 4.90 Å². The van der Waals surface area contributed by atoms with Crippen LogP contribution in [0.2, 0.25) is 0 Å². The van der Waals surface area contributed by atoms with Crippen LogP contribution in [0.15, 0.2) is 5.16 Å². The summed E-state index contributed by atoms with van der Waals surface area (Å²) in [7, 11) is 0. The number of nitrogens with zero attached hydrogens (tertiary/aromatic N) is 2. The van der Waals surface area contributed by atoms with Crippen LogP contribution < -0.4 is 0 Å². The third-order valence-electron chi connectivity index (χ3n) is 3.42. The highest BCUT2D eigenvalue weighted by Gasteiger charge is 2.36. The Balaban J connectivity index is 2.77. The Morgan fingerprint density at radius 3 is 2.40 bits per heavy atom. The maximum atomic E-state index is 12.5. The van der Waals surface area contributed by atoms with Crippen LogP contribution in [-0.4, -0.2) is 46.3 Å². The van der Waals surface area contributed by atoms with Gasteiger partial charge in [0, 0.05) is 19.0 Å². The average molecular weight is 284 g/mol. The van der Waals surface area contributed by atoms with Gasteiger partial charge in [0.15, 0.2) is 5.71 Å². The number of carbonyl (C=O) groups excluding carboxylic acids is 1. The first-order chi connectivity index (χ1) is 9.40. The Labute approximate surface area is 119 Å². The van der Waals surface area contributed by atoms with Crippen molar-refractivity contribution in [3.63, 3.8) is 0 Å². The Hall–Kier alpha value is -1.59. The molecule has 0 bridgehead atoms. The molecule has 0 spiro atoms. The minimum Gasteiger partial charge on any atom is -0.477 e. The first-order valence-electron chi connectivity index (χ1n) is 7.17. The minimum absolute atomic E-state index is 0.0446. The molecule has 0 aromatic rings. The van der Waals surface area contributed by atoms with Crippen LogP contribution in [0.1, 0.15) is 47.0 Å². The number of aliphatic carboxylic acids is 1. The summed E-state index contributed by atoms with van der Waals surface area (Å²) in [5.74, 6) is -0.938. The van der Waals surface area contributed by atoms with E-state index < -0.39 is 12.1 Å². The zero-order valence-electron chi connectivity index (χ0n) is 12.6. The van der Waals surface area contributed by atoms with Gasteiger partial charge in [-0.1, -0.05) is 32.9 Å². The number of carbonyl (C=O) groups is 2. The van der Waals surface area contributed by atoms with Crippen molar-refractivity contribution in [2.75, 3.05) is 6.54 Å². The van der Waals surface area contributed by atoms with Crippen LogP contribution in [0.3, 0.4) is 0 Å². The number of rotatable bonds is 7. The van der Waals surface area contributed by atoms with Crippen molar-refractivity contribution < 1.29 is 19.5 Å². The van der Waals surface area contributed by atoms with Gasteiger partial charge in [0.05, 0.1) is 0 Å². The summed E-state index contributed by atoms with van der Waals surface area (Å²) in [6.45, 7) is 8.84. The van der Waals surface area contributed by atoms with Crippen molar-refractivity contribution in [2.24, 2.45) is 11.1 Å². The van der Waals surface area contributed by atoms with Gasteiger partial charge in [0.1, 0.15) is 0 Å². The highest BCUT2D eigenvalue weighted by atomic mass is 16.6. The molecule has 0 radical (unpaired) electrons. The van der Waals surface area contributed by atoms with Crippen LogP contribution in [0.5, 0.6) is 0 Å². The second kappa shape index (κ2) is 7.26. The molecule has 1 N–H and O–H groups in total. The van der Waals surface area contributed by atoms with E-state index in [0.717, 1.165) is 12.8 Å². The molecule has 114 valence electrons. The molecule has 1 aliphatic rings. The lowest BCUT2D eigenvalue weighted by Gasteiger charge is -2.33.